The Morgan fingerprint density at radius 2 is 1.78 bits per heavy atom. The molecular weight excluding hydrogens is 340 g/mol. The molecule has 1 aliphatic rings. The molecule has 2 aromatic rings. The van der Waals surface area contributed by atoms with Gasteiger partial charge in [0, 0.05) is 12.5 Å². The fourth-order valence-corrected chi connectivity index (χ4v) is 3.26. The second kappa shape index (κ2) is 11.1. The highest BCUT2D eigenvalue weighted by Gasteiger charge is 2.18. The zero-order valence-corrected chi connectivity index (χ0v) is 16.1. The van der Waals surface area contributed by atoms with Crippen LogP contribution in [0, 0.1) is 5.92 Å². The summed E-state index contributed by atoms with van der Waals surface area (Å²) in [6.07, 6.45) is 4.19. The normalized spacial score (nSPS) is 18.2. The van der Waals surface area contributed by atoms with Gasteiger partial charge in [-0.25, -0.2) is 0 Å². The summed E-state index contributed by atoms with van der Waals surface area (Å²) in [5, 5.41) is 0. The number of benzene rings is 2. The minimum atomic E-state index is -0.0568. The SMILES string of the molecule is COc1ccc(COCC(COC2CCCCO2)Cc2ccccc2)cc1. The molecule has 2 atom stereocenters. The summed E-state index contributed by atoms with van der Waals surface area (Å²) in [6.45, 7) is 2.72. The largest absolute Gasteiger partial charge is 0.497 e. The number of ether oxygens (including phenoxy) is 4. The van der Waals surface area contributed by atoms with E-state index in [1.807, 2.05) is 30.3 Å². The first-order valence-electron chi connectivity index (χ1n) is 9.81. The van der Waals surface area contributed by atoms with E-state index < -0.39 is 0 Å². The van der Waals surface area contributed by atoms with Crippen LogP contribution in [-0.4, -0.2) is 33.2 Å². The predicted octanol–water partition coefficient (Wildman–Crippen LogP) is 4.61. The van der Waals surface area contributed by atoms with E-state index in [9.17, 15) is 0 Å². The summed E-state index contributed by atoms with van der Waals surface area (Å²) in [4.78, 5) is 0. The van der Waals surface area contributed by atoms with Crippen LogP contribution < -0.4 is 4.74 Å². The maximum absolute atomic E-state index is 6.03. The monoisotopic (exact) mass is 370 g/mol. The number of methoxy groups -OCH3 is 1. The van der Waals surface area contributed by atoms with Crippen LogP contribution in [0.4, 0.5) is 0 Å². The Kier molecular flexibility index (Phi) is 8.15. The lowest BCUT2D eigenvalue weighted by molar-refractivity contribution is -0.171. The predicted molar refractivity (Wildman–Crippen MR) is 106 cm³/mol. The minimum absolute atomic E-state index is 0.0568. The molecule has 1 fully saturated rings. The molecule has 0 amide bonds. The van der Waals surface area contributed by atoms with Crippen molar-refractivity contribution in [3.63, 3.8) is 0 Å². The van der Waals surface area contributed by atoms with Crippen LogP contribution in [0.25, 0.3) is 0 Å². The topological polar surface area (TPSA) is 36.9 Å². The van der Waals surface area contributed by atoms with Crippen LogP contribution in [0.15, 0.2) is 54.6 Å². The molecule has 0 radical (unpaired) electrons. The van der Waals surface area contributed by atoms with Gasteiger partial charge < -0.3 is 18.9 Å². The Morgan fingerprint density at radius 1 is 0.963 bits per heavy atom. The third-order valence-electron chi connectivity index (χ3n) is 4.80. The van der Waals surface area contributed by atoms with Gasteiger partial charge in [0.05, 0.1) is 26.9 Å². The molecule has 0 spiro atoms. The highest BCUT2D eigenvalue weighted by atomic mass is 16.7. The van der Waals surface area contributed by atoms with Gasteiger partial charge in [0.2, 0.25) is 0 Å². The molecule has 146 valence electrons. The van der Waals surface area contributed by atoms with Crippen molar-refractivity contribution in [2.75, 3.05) is 26.9 Å². The summed E-state index contributed by atoms with van der Waals surface area (Å²) >= 11 is 0. The average Bonchev–Trinajstić information content (AvgIpc) is 2.74. The van der Waals surface area contributed by atoms with Crippen LogP contribution in [0.2, 0.25) is 0 Å². The van der Waals surface area contributed by atoms with E-state index in [4.69, 9.17) is 18.9 Å². The van der Waals surface area contributed by atoms with Gasteiger partial charge in [-0.2, -0.15) is 0 Å². The maximum Gasteiger partial charge on any atom is 0.157 e. The first-order chi connectivity index (χ1) is 13.3. The third-order valence-corrected chi connectivity index (χ3v) is 4.80. The first-order valence-corrected chi connectivity index (χ1v) is 9.81. The fraction of sp³-hybridized carbons (Fsp3) is 0.478. The Labute approximate surface area is 162 Å². The van der Waals surface area contributed by atoms with Crippen molar-refractivity contribution >= 4 is 0 Å². The lowest BCUT2D eigenvalue weighted by atomic mass is 10.0. The van der Waals surface area contributed by atoms with E-state index in [1.165, 1.54) is 12.0 Å². The van der Waals surface area contributed by atoms with Crippen molar-refractivity contribution in [2.24, 2.45) is 5.92 Å². The standard InChI is InChI=1S/C23H30O4/c1-24-22-12-10-20(11-13-22)16-25-17-21(15-19-7-3-2-4-8-19)18-27-23-9-5-6-14-26-23/h2-4,7-8,10-13,21,23H,5-6,9,14-18H2,1H3. The summed E-state index contributed by atoms with van der Waals surface area (Å²) in [6, 6.07) is 18.5. The van der Waals surface area contributed by atoms with Crippen LogP contribution in [0.1, 0.15) is 30.4 Å². The zero-order chi connectivity index (χ0) is 18.7. The number of hydrogen-bond acceptors (Lipinski definition) is 4. The van der Waals surface area contributed by atoms with Gasteiger partial charge in [0.15, 0.2) is 6.29 Å². The smallest absolute Gasteiger partial charge is 0.157 e. The second-order valence-electron chi connectivity index (χ2n) is 7.05. The van der Waals surface area contributed by atoms with Crippen molar-refractivity contribution < 1.29 is 18.9 Å². The third kappa shape index (κ3) is 6.98. The van der Waals surface area contributed by atoms with E-state index in [0.29, 0.717) is 25.7 Å². The Balaban J connectivity index is 1.49. The van der Waals surface area contributed by atoms with E-state index in [2.05, 4.69) is 24.3 Å². The van der Waals surface area contributed by atoms with Gasteiger partial charge in [-0.05, 0) is 48.9 Å². The summed E-state index contributed by atoms with van der Waals surface area (Å²) in [5.74, 6) is 1.16. The van der Waals surface area contributed by atoms with E-state index >= 15 is 0 Å². The lowest BCUT2D eigenvalue weighted by Gasteiger charge is -2.25. The molecular formula is C23H30O4. The summed E-state index contributed by atoms with van der Waals surface area (Å²) in [7, 11) is 1.68. The van der Waals surface area contributed by atoms with E-state index in [1.54, 1.807) is 7.11 Å². The second-order valence-corrected chi connectivity index (χ2v) is 7.05. The van der Waals surface area contributed by atoms with E-state index in [-0.39, 0.29) is 6.29 Å². The van der Waals surface area contributed by atoms with Gasteiger partial charge in [-0.3, -0.25) is 0 Å². The molecule has 27 heavy (non-hydrogen) atoms. The quantitative estimate of drug-likeness (QED) is 0.612. The molecule has 4 heteroatoms. The average molecular weight is 370 g/mol. The van der Waals surface area contributed by atoms with Gasteiger partial charge >= 0.3 is 0 Å². The Bertz CT molecular complexity index is 635. The highest BCUT2D eigenvalue weighted by molar-refractivity contribution is 5.26. The molecule has 2 aromatic carbocycles. The van der Waals surface area contributed by atoms with Crippen molar-refractivity contribution in [3.8, 4) is 5.75 Å². The molecule has 4 nitrogen and oxygen atoms in total. The Hall–Kier alpha value is -1.88. The van der Waals surface area contributed by atoms with Crippen molar-refractivity contribution in [3.05, 3.63) is 65.7 Å². The van der Waals surface area contributed by atoms with Crippen molar-refractivity contribution in [1.82, 2.24) is 0 Å². The van der Waals surface area contributed by atoms with Gasteiger partial charge in [-0.15, -0.1) is 0 Å². The van der Waals surface area contributed by atoms with Gasteiger partial charge in [0.1, 0.15) is 5.75 Å². The molecule has 0 bridgehead atoms. The molecule has 1 heterocycles. The van der Waals surface area contributed by atoms with Crippen LogP contribution in [-0.2, 0) is 27.2 Å². The number of hydrogen-bond donors (Lipinski definition) is 0. The fourth-order valence-electron chi connectivity index (χ4n) is 3.26. The molecule has 3 rings (SSSR count). The molecule has 2 unspecified atom stereocenters. The highest BCUT2D eigenvalue weighted by Crippen LogP contribution is 2.18. The molecule has 1 aliphatic heterocycles. The van der Waals surface area contributed by atoms with Crippen LogP contribution in [0.5, 0.6) is 5.75 Å². The van der Waals surface area contributed by atoms with Gasteiger partial charge in [-0.1, -0.05) is 42.5 Å². The van der Waals surface area contributed by atoms with Crippen molar-refractivity contribution in [1.29, 1.82) is 0 Å². The number of rotatable bonds is 10. The lowest BCUT2D eigenvalue weighted by Crippen LogP contribution is -2.27. The summed E-state index contributed by atoms with van der Waals surface area (Å²) in [5.41, 5.74) is 2.45. The van der Waals surface area contributed by atoms with Crippen molar-refractivity contribution in [2.45, 2.75) is 38.6 Å². The first kappa shape index (κ1) is 19.9. The van der Waals surface area contributed by atoms with Crippen LogP contribution in [0.3, 0.4) is 0 Å². The van der Waals surface area contributed by atoms with Crippen LogP contribution >= 0.6 is 0 Å². The zero-order valence-electron chi connectivity index (χ0n) is 16.1. The summed E-state index contributed by atoms with van der Waals surface area (Å²) < 4.78 is 22.9. The van der Waals surface area contributed by atoms with Gasteiger partial charge in [0.25, 0.3) is 0 Å². The Morgan fingerprint density at radius 3 is 2.48 bits per heavy atom. The molecule has 0 saturated carbocycles. The molecule has 0 aromatic heterocycles. The molecule has 0 aliphatic carbocycles. The maximum atomic E-state index is 6.03. The minimum Gasteiger partial charge on any atom is -0.497 e. The molecule has 1 saturated heterocycles. The molecule has 0 N–H and O–H groups in total. The van der Waals surface area contributed by atoms with E-state index in [0.717, 1.165) is 37.2 Å².